The van der Waals surface area contributed by atoms with Crippen molar-refractivity contribution in [1.29, 1.82) is 0 Å². The fourth-order valence-corrected chi connectivity index (χ4v) is 2.95. The fourth-order valence-electron chi connectivity index (χ4n) is 2.25. The summed E-state index contributed by atoms with van der Waals surface area (Å²) in [5, 5.41) is 0. The minimum atomic E-state index is -0.245. The van der Waals surface area contributed by atoms with Crippen molar-refractivity contribution in [2.45, 2.75) is 12.8 Å². The molecular formula is C15H11ClFIN2. The molecule has 0 aliphatic rings. The molecule has 0 saturated carbocycles. The van der Waals surface area contributed by atoms with E-state index >= 15 is 0 Å². The van der Waals surface area contributed by atoms with Gasteiger partial charge in [0, 0.05) is 15.3 Å². The molecule has 0 atom stereocenters. The Morgan fingerprint density at radius 1 is 1.30 bits per heavy atom. The zero-order valence-electron chi connectivity index (χ0n) is 10.7. The Morgan fingerprint density at radius 2 is 2.10 bits per heavy atom. The van der Waals surface area contributed by atoms with Crippen molar-refractivity contribution >= 4 is 45.2 Å². The summed E-state index contributed by atoms with van der Waals surface area (Å²) in [6, 6.07) is 11.3. The Balaban J connectivity index is 2.35. The highest BCUT2D eigenvalue weighted by Crippen LogP contribution is 2.25. The van der Waals surface area contributed by atoms with Gasteiger partial charge in [-0.05, 0) is 59.3 Å². The standard InChI is InChI=1S/C15H11ClFIN2/c1-9-5-14-13(7-12(9)17)19-15(8-16)20(14)11-4-2-3-10(18)6-11/h2-7H,8H2,1H3. The molecule has 0 saturated heterocycles. The number of nitrogens with zero attached hydrogens (tertiary/aromatic N) is 2. The van der Waals surface area contributed by atoms with Gasteiger partial charge in [0.05, 0.1) is 16.9 Å². The van der Waals surface area contributed by atoms with E-state index < -0.39 is 0 Å². The molecule has 0 spiro atoms. The van der Waals surface area contributed by atoms with Crippen LogP contribution in [0.2, 0.25) is 0 Å². The zero-order valence-corrected chi connectivity index (χ0v) is 13.6. The number of imidazole rings is 1. The average molecular weight is 401 g/mol. The first-order chi connectivity index (χ1) is 9.60. The molecule has 0 N–H and O–H groups in total. The summed E-state index contributed by atoms with van der Waals surface area (Å²) >= 11 is 8.26. The van der Waals surface area contributed by atoms with Gasteiger partial charge in [-0.25, -0.2) is 9.37 Å². The van der Waals surface area contributed by atoms with Gasteiger partial charge in [-0.3, -0.25) is 4.57 Å². The van der Waals surface area contributed by atoms with Crippen molar-refractivity contribution in [3.05, 3.63) is 57.2 Å². The molecule has 0 bridgehead atoms. The number of hydrogen-bond acceptors (Lipinski definition) is 1. The quantitative estimate of drug-likeness (QED) is 0.446. The molecule has 102 valence electrons. The molecule has 0 unspecified atom stereocenters. The number of fused-ring (bicyclic) bond motifs is 1. The Bertz CT molecular complexity index is 798. The summed E-state index contributed by atoms with van der Waals surface area (Å²) in [6.07, 6.45) is 0. The molecule has 0 fully saturated rings. The van der Waals surface area contributed by atoms with E-state index in [9.17, 15) is 4.39 Å². The third kappa shape index (κ3) is 2.31. The lowest BCUT2D eigenvalue weighted by Crippen LogP contribution is -1.99. The Hall–Kier alpha value is -1.14. The second-order valence-electron chi connectivity index (χ2n) is 4.57. The van der Waals surface area contributed by atoms with Crippen LogP contribution in [-0.4, -0.2) is 9.55 Å². The fraction of sp³-hybridized carbons (Fsp3) is 0.133. The summed E-state index contributed by atoms with van der Waals surface area (Å²) in [5.41, 5.74) is 3.09. The van der Waals surface area contributed by atoms with Crippen molar-refractivity contribution < 1.29 is 4.39 Å². The summed E-state index contributed by atoms with van der Waals surface area (Å²) in [5.74, 6) is 0.750. The lowest BCUT2D eigenvalue weighted by atomic mass is 10.2. The maximum absolute atomic E-state index is 13.7. The Labute approximate surface area is 134 Å². The number of aryl methyl sites for hydroxylation is 1. The topological polar surface area (TPSA) is 17.8 Å². The second-order valence-corrected chi connectivity index (χ2v) is 6.08. The third-order valence-electron chi connectivity index (χ3n) is 3.19. The minimum absolute atomic E-state index is 0.245. The molecule has 0 aliphatic heterocycles. The normalized spacial score (nSPS) is 11.2. The summed E-state index contributed by atoms with van der Waals surface area (Å²) in [6.45, 7) is 1.75. The lowest BCUT2D eigenvalue weighted by molar-refractivity contribution is 0.620. The van der Waals surface area contributed by atoms with Gasteiger partial charge in [0.1, 0.15) is 11.6 Å². The molecule has 20 heavy (non-hydrogen) atoms. The van der Waals surface area contributed by atoms with Gasteiger partial charge in [-0.2, -0.15) is 0 Å². The van der Waals surface area contributed by atoms with Crippen molar-refractivity contribution in [3.8, 4) is 5.69 Å². The summed E-state index contributed by atoms with van der Waals surface area (Å²) in [7, 11) is 0. The first-order valence-electron chi connectivity index (χ1n) is 6.09. The number of hydrogen-bond donors (Lipinski definition) is 0. The largest absolute Gasteiger partial charge is 0.295 e. The molecule has 1 heterocycles. The number of halogens is 3. The van der Waals surface area contributed by atoms with Crippen LogP contribution in [-0.2, 0) is 5.88 Å². The molecule has 5 heteroatoms. The van der Waals surface area contributed by atoms with Crippen LogP contribution >= 0.6 is 34.2 Å². The van der Waals surface area contributed by atoms with Crippen molar-refractivity contribution in [2.75, 3.05) is 0 Å². The second kappa shape index (κ2) is 5.33. The molecule has 0 radical (unpaired) electrons. The van der Waals surface area contributed by atoms with Crippen molar-refractivity contribution in [1.82, 2.24) is 9.55 Å². The maximum Gasteiger partial charge on any atom is 0.129 e. The van der Waals surface area contributed by atoms with Gasteiger partial charge in [0.2, 0.25) is 0 Å². The molecule has 1 aromatic heterocycles. The SMILES string of the molecule is Cc1cc2c(cc1F)nc(CCl)n2-c1cccc(I)c1. The van der Waals surface area contributed by atoms with Crippen LogP contribution in [0.5, 0.6) is 0 Å². The van der Waals surface area contributed by atoms with E-state index in [1.807, 2.05) is 28.8 Å². The smallest absolute Gasteiger partial charge is 0.129 e. The van der Waals surface area contributed by atoms with Gasteiger partial charge in [-0.1, -0.05) is 6.07 Å². The van der Waals surface area contributed by atoms with Crippen LogP contribution in [0.15, 0.2) is 36.4 Å². The van der Waals surface area contributed by atoms with E-state index in [2.05, 4.69) is 33.6 Å². The lowest BCUT2D eigenvalue weighted by Gasteiger charge is -2.08. The highest BCUT2D eigenvalue weighted by Gasteiger charge is 2.14. The van der Waals surface area contributed by atoms with E-state index in [4.69, 9.17) is 11.6 Å². The van der Waals surface area contributed by atoms with Crippen LogP contribution in [0, 0.1) is 16.3 Å². The third-order valence-corrected chi connectivity index (χ3v) is 4.10. The highest BCUT2D eigenvalue weighted by atomic mass is 127. The van der Waals surface area contributed by atoms with Crippen LogP contribution in [0.1, 0.15) is 11.4 Å². The number of benzene rings is 2. The molecule has 3 rings (SSSR count). The molecule has 3 aromatic rings. The molecular weight excluding hydrogens is 390 g/mol. The highest BCUT2D eigenvalue weighted by molar-refractivity contribution is 14.1. The Morgan fingerprint density at radius 3 is 2.80 bits per heavy atom. The van der Waals surface area contributed by atoms with E-state index in [1.165, 1.54) is 6.07 Å². The Kier molecular flexibility index (Phi) is 3.69. The van der Waals surface area contributed by atoms with E-state index in [0.717, 1.165) is 14.8 Å². The monoisotopic (exact) mass is 400 g/mol. The molecule has 0 amide bonds. The maximum atomic E-state index is 13.7. The van der Waals surface area contributed by atoms with Gasteiger partial charge < -0.3 is 0 Å². The molecule has 0 aliphatic carbocycles. The van der Waals surface area contributed by atoms with E-state index in [0.29, 0.717) is 16.9 Å². The first kappa shape index (κ1) is 13.8. The zero-order chi connectivity index (χ0) is 14.3. The summed E-state index contributed by atoms with van der Waals surface area (Å²) < 4.78 is 16.8. The number of alkyl halides is 1. The minimum Gasteiger partial charge on any atom is -0.295 e. The van der Waals surface area contributed by atoms with Gasteiger partial charge >= 0.3 is 0 Å². The molecule has 2 aromatic carbocycles. The van der Waals surface area contributed by atoms with Crippen molar-refractivity contribution in [2.24, 2.45) is 0 Å². The van der Waals surface area contributed by atoms with Crippen molar-refractivity contribution in [3.63, 3.8) is 0 Å². The van der Waals surface area contributed by atoms with Gasteiger partial charge in [0.25, 0.3) is 0 Å². The summed E-state index contributed by atoms with van der Waals surface area (Å²) in [4.78, 5) is 4.43. The van der Waals surface area contributed by atoms with Crippen LogP contribution in [0.4, 0.5) is 4.39 Å². The number of aromatic nitrogens is 2. The molecule has 2 nitrogen and oxygen atoms in total. The van der Waals surface area contributed by atoms with E-state index in [1.54, 1.807) is 6.92 Å². The predicted octanol–water partition coefficient (Wildman–Crippen LogP) is 4.82. The first-order valence-corrected chi connectivity index (χ1v) is 7.71. The van der Waals surface area contributed by atoms with Crippen LogP contribution in [0.3, 0.4) is 0 Å². The van der Waals surface area contributed by atoms with Gasteiger partial charge in [-0.15, -0.1) is 11.6 Å². The predicted molar refractivity (Wildman–Crippen MR) is 88.0 cm³/mol. The average Bonchev–Trinajstić information content (AvgIpc) is 2.77. The van der Waals surface area contributed by atoms with Gasteiger partial charge in [0.15, 0.2) is 0 Å². The van der Waals surface area contributed by atoms with Crippen LogP contribution < -0.4 is 0 Å². The van der Waals surface area contributed by atoms with E-state index in [-0.39, 0.29) is 11.7 Å². The van der Waals surface area contributed by atoms with Crippen LogP contribution in [0.25, 0.3) is 16.7 Å². The number of rotatable bonds is 2.